The van der Waals surface area contributed by atoms with Gasteiger partial charge in [0.25, 0.3) is 5.91 Å². The SMILES string of the molecule is C[C@H](C=O)CC/C=C/C(=O)N1CCOC1=O. The summed E-state index contributed by atoms with van der Waals surface area (Å²) in [5.74, 6) is -0.363. The Balaban J connectivity index is 2.30. The highest BCUT2D eigenvalue weighted by molar-refractivity contribution is 5.99. The van der Waals surface area contributed by atoms with Crippen molar-refractivity contribution < 1.29 is 19.1 Å². The summed E-state index contributed by atoms with van der Waals surface area (Å²) in [6.45, 7) is 2.40. The van der Waals surface area contributed by atoms with Gasteiger partial charge in [0.2, 0.25) is 0 Å². The normalized spacial score (nSPS) is 17.6. The van der Waals surface area contributed by atoms with Crippen LogP contribution in [-0.2, 0) is 14.3 Å². The van der Waals surface area contributed by atoms with E-state index in [-0.39, 0.29) is 18.4 Å². The van der Waals surface area contributed by atoms with Crippen LogP contribution < -0.4 is 0 Å². The number of carbonyl (C=O) groups excluding carboxylic acids is 3. The van der Waals surface area contributed by atoms with E-state index in [4.69, 9.17) is 0 Å². The number of cyclic esters (lactones) is 1. The van der Waals surface area contributed by atoms with Crippen LogP contribution in [0.2, 0.25) is 0 Å². The predicted molar refractivity (Wildman–Crippen MR) is 56.7 cm³/mol. The molecule has 1 aliphatic rings. The second-order valence-corrected chi connectivity index (χ2v) is 3.70. The molecule has 0 bridgehead atoms. The van der Waals surface area contributed by atoms with Crippen molar-refractivity contribution in [3.05, 3.63) is 12.2 Å². The number of ether oxygens (including phenoxy) is 1. The van der Waals surface area contributed by atoms with Crippen molar-refractivity contribution >= 4 is 18.3 Å². The van der Waals surface area contributed by atoms with Crippen LogP contribution in [0, 0.1) is 5.92 Å². The second-order valence-electron chi connectivity index (χ2n) is 3.70. The first kappa shape index (κ1) is 12.4. The van der Waals surface area contributed by atoms with Gasteiger partial charge in [-0.2, -0.15) is 0 Å². The summed E-state index contributed by atoms with van der Waals surface area (Å²) >= 11 is 0. The Labute approximate surface area is 94.1 Å². The van der Waals surface area contributed by atoms with Crippen molar-refractivity contribution in [1.82, 2.24) is 4.90 Å². The molecule has 5 heteroatoms. The van der Waals surface area contributed by atoms with E-state index < -0.39 is 6.09 Å². The van der Waals surface area contributed by atoms with Crippen molar-refractivity contribution in [3.8, 4) is 0 Å². The van der Waals surface area contributed by atoms with E-state index in [9.17, 15) is 14.4 Å². The van der Waals surface area contributed by atoms with Gasteiger partial charge in [-0.15, -0.1) is 0 Å². The average molecular weight is 225 g/mol. The maximum Gasteiger partial charge on any atom is 0.416 e. The van der Waals surface area contributed by atoms with E-state index in [0.29, 0.717) is 19.4 Å². The Hall–Kier alpha value is -1.65. The molecule has 1 heterocycles. The van der Waals surface area contributed by atoms with Gasteiger partial charge < -0.3 is 9.53 Å². The minimum Gasteiger partial charge on any atom is -0.447 e. The molecule has 0 aliphatic carbocycles. The molecule has 0 spiro atoms. The number of carbonyl (C=O) groups is 3. The van der Waals surface area contributed by atoms with Crippen LogP contribution in [0.1, 0.15) is 19.8 Å². The van der Waals surface area contributed by atoms with Crippen molar-refractivity contribution in [2.24, 2.45) is 5.92 Å². The molecule has 0 aromatic heterocycles. The Morgan fingerprint density at radius 3 is 2.94 bits per heavy atom. The van der Waals surface area contributed by atoms with Gasteiger partial charge >= 0.3 is 6.09 Å². The molecule has 0 N–H and O–H groups in total. The van der Waals surface area contributed by atoms with Gasteiger partial charge in [0.1, 0.15) is 12.9 Å². The molecule has 0 saturated carbocycles. The summed E-state index contributed by atoms with van der Waals surface area (Å²) < 4.78 is 4.63. The largest absolute Gasteiger partial charge is 0.447 e. The van der Waals surface area contributed by atoms with Crippen LogP contribution >= 0.6 is 0 Å². The Morgan fingerprint density at radius 2 is 2.38 bits per heavy atom. The standard InChI is InChI=1S/C11H15NO4/c1-9(8-13)4-2-3-5-10(14)12-6-7-16-11(12)15/h3,5,8-9H,2,4,6-7H2,1H3/b5-3+/t9-/m0/s1. The Bertz CT molecular complexity index is 311. The van der Waals surface area contributed by atoms with Crippen molar-refractivity contribution in [2.75, 3.05) is 13.2 Å². The van der Waals surface area contributed by atoms with Gasteiger partial charge in [0, 0.05) is 5.92 Å². The zero-order chi connectivity index (χ0) is 12.0. The smallest absolute Gasteiger partial charge is 0.416 e. The van der Waals surface area contributed by atoms with Gasteiger partial charge in [0.05, 0.1) is 6.54 Å². The van der Waals surface area contributed by atoms with Crippen molar-refractivity contribution in [3.63, 3.8) is 0 Å². The van der Waals surface area contributed by atoms with Crippen LogP contribution in [0.5, 0.6) is 0 Å². The lowest BCUT2D eigenvalue weighted by atomic mass is 10.1. The molecule has 1 aliphatic heterocycles. The lowest BCUT2D eigenvalue weighted by Gasteiger charge is -2.06. The molecule has 88 valence electrons. The zero-order valence-electron chi connectivity index (χ0n) is 9.22. The molecule has 0 aromatic rings. The Morgan fingerprint density at radius 1 is 1.62 bits per heavy atom. The highest BCUT2D eigenvalue weighted by Gasteiger charge is 2.26. The number of hydrogen-bond donors (Lipinski definition) is 0. The molecule has 16 heavy (non-hydrogen) atoms. The monoisotopic (exact) mass is 225 g/mol. The number of aldehydes is 1. The summed E-state index contributed by atoms with van der Waals surface area (Å²) in [5, 5.41) is 0. The van der Waals surface area contributed by atoms with E-state index in [1.54, 1.807) is 6.08 Å². The molecule has 1 atom stereocenters. The first-order valence-corrected chi connectivity index (χ1v) is 5.25. The molecular weight excluding hydrogens is 210 g/mol. The number of nitrogens with zero attached hydrogens (tertiary/aromatic N) is 1. The molecule has 2 amide bonds. The third kappa shape index (κ3) is 3.49. The van der Waals surface area contributed by atoms with Crippen LogP contribution in [0.4, 0.5) is 4.79 Å². The second kappa shape index (κ2) is 6.05. The fourth-order valence-electron chi connectivity index (χ4n) is 1.29. The third-order valence-electron chi connectivity index (χ3n) is 2.31. The Kier molecular flexibility index (Phi) is 4.69. The highest BCUT2D eigenvalue weighted by Crippen LogP contribution is 2.06. The quantitative estimate of drug-likeness (QED) is 0.520. The third-order valence-corrected chi connectivity index (χ3v) is 2.31. The summed E-state index contributed by atoms with van der Waals surface area (Å²) in [5.41, 5.74) is 0. The number of amides is 2. The lowest BCUT2D eigenvalue weighted by molar-refractivity contribution is -0.122. The van der Waals surface area contributed by atoms with Crippen LogP contribution in [-0.4, -0.2) is 36.3 Å². The molecule has 1 fully saturated rings. The predicted octanol–water partition coefficient (Wildman–Crippen LogP) is 1.14. The minimum absolute atomic E-state index is 0.00324. The summed E-state index contributed by atoms with van der Waals surface area (Å²) in [4.78, 5) is 33.8. The highest BCUT2D eigenvalue weighted by atomic mass is 16.6. The molecule has 0 aromatic carbocycles. The van der Waals surface area contributed by atoms with Crippen molar-refractivity contribution in [1.29, 1.82) is 0 Å². The number of hydrogen-bond acceptors (Lipinski definition) is 4. The van der Waals surface area contributed by atoms with E-state index in [2.05, 4.69) is 4.74 Å². The topological polar surface area (TPSA) is 63.7 Å². The number of imide groups is 1. The summed E-state index contributed by atoms with van der Waals surface area (Å²) in [7, 11) is 0. The molecule has 0 radical (unpaired) electrons. The van der Waals surface area contributed by atoms with Crippen LogP contribution in [0.15, 0.2) is 12.2 Å². The van der Waals surface area contributed by atoms with Gasteiger partial charge in [-0.05, 0) is 18.9 Å². The van der Waals surface area contributed by atoms with Crippen LogP contribution in [0.25, 0.3) is 0 Å². The maximum absolute atomic E-state index is 11.4. The van der Waals surface area contributed by atoms with Gasteiger partial charge in [-0.25, -0.2) is 9.69 Å². The van der Waals surface area contributed by atoms with Gasteiger partial charge in [-0.1, -0.05) is 13.0 Å². The van der Waals surface area contributed by atoms with Gasteiger partial charge in [-0.3, -0.25) is 4.79 Å². The summed E-state index contributed by atoms with van der Waals surface area (Å²) in [6, 6.07) is 0. The zero-order valence-corrected chi connectivity index (χ0v) is 9.22. The van der Waals surface area contributed by atoms with Gasteiger partial charge in [0.15, 0.2) is 0 Å². The van der Waals surface area contributed by atoms with Crippen LogP contribution in [0.3, 0.4) is 0 Å². The molecule has 1 rings (SSSR count). The first-order chi connectivity index (χ1) is 7.65. The first-order valence-electron chi connectivity index (χ1n) is 5.25. The molecule has 0 unspecified atom stereocenters. The fraction of sp³-hybridized carbons (Fsp3) is 0.545. The minimum atomic E-state index is -0.587. The summed E-state index contributed by atoms with van der Waals surface area (Å²) in [6.07, 6.45) is 4.67. The molecule has 1 saturated heterocycles. The van der Waals surface area contributed by atoms with E-state index in [1.807, 2.05) is 6.92 Å². The van der Waals surface area contributed by atoms with Crippen molar-refractivity contribution in [2.45, 2.75) is 19.8 Å². The van der Waals surface area contributed by atoms with E-state index in [1.165, 1.54) is 6.08 Å². The fourth-order valence-corrected chi connectivity index (χ4v) is 1.29. The number of allylic oxidation sites excluding steroid dienone is 1. The maximum atomic E-state index is 11.4. The van der Waals surface area contributed by atoms with E-state index >= 15 is 0 Å². The lowest BCUT2D eigenvalue weighted by Crippen LogP contribution is -2.29. The van der Waals surface area contributed by atoms with E-state index in [0.717, 1.165) is 11.2 Å². The number of rotatable bonds is 5. The molecular formula is C11H15NO4. The molecule has 5 nitrogen and oxygen atoms in total. The average Bonchev–Trinajstić information content (AvgIpc) is 2.70.